The predicted octanol–water partition coefficient (Wildman–Crippen LogP) is 13.0. The van der Waals surface area contributed by atoms with Gasteiger partial charge in [0.25, 0.3) is 0 Å². The Morgan fingerprint density at radius 3 is 1.63 bits per heavy atom. The second-order valence-electron chi connectivity index (χ2n) is 12.7. The zero-order valence-corrected chi connectivity index (χ0v) is 27.3. The van der Waals surface area contributed by atoms with Crippen molar-refractivity contribution in [3.05, 3.63) is 188 Å². The summed E-state index contributed by atoms with van der Waals surface area (Å²) in [5.74, 6) is 0. The number of hydrogen-bond donors (Lipinski definition) is 0. The van der Waals surface area contributed by atoms with E-state index in [0.29, 0.717) is 0 Å². The number of hydrogen-bond acceptors (Lipinski definition) is 1. The normalized spacial score (nSPS) is 11.4. The summed E-state index contributed by atoms with van der Waals surface area (Å²) < 4.78 is 2.33. The minimum absolute atomic E-state index is 1.12. The van der Waals surface area contributed by atoms with Crippen LogP contribution in [0.25, 0.3) is 66.0 Å². The van der Waals surface area contributed by atoms with Gasteiger partial charge in [-0.25, -0.2) is 0 Å². The molecular weight excluding hydrogens is 593 g/mol. The van der Waals surface area contributed by atoms with Crippen LogP contribution in [-0.2, 0) is 7.05 Å². The van der Waals surface area contributed by atoms with E-state index in [9.17, 15) is 0 Å². The molecule has 0 N–H and O–H groups in total. The van der Waals surface area contributed by atoms with Crippen LogP contribution >= 0.6 is 0 Å². The van der Waals surface area contributed by atoms with Crippen molar-refractivity contribution >= 4 is 49.6 Å². The molecule has 0 aliphatic heterocycles. The highest BCUT2D eigenvalue weighted by Gasteiger charge is 2.15. The van der Waals surface area contributed by atoms with Crippen molar-refractivity contribution in [2.75, 3.05) is 4.90 Å². The standard InChI is InChI=1S/C47H34N2/c1-48-45-30-26-37-13-8-9-18-43(37)47(45)44-29-25-39(32-46(44)48)36-21-19-34(20-22-36)35-23-27-41(28-24-35)49(40-15-6-3-7-16-40)42-17-10-14-38(31-42)33-11-4-2-5-12-33/h2-32H,1H3. The van der Waals surface area contributed by atoms with Gasteiger partial charge in [0, 0.05) is 45.9 Å². The molecule has 0 spiro atoms. The number of anilines is 3. The molecule has 0 fully saturated rings. The Morgan fingerprint density at radius 1 is 0.347 bits per heavy atom. The minimum Gasteiger partial charge on any atom is -0.344 e. The molecule has 0 saturated carbocycles. The molecule has 0 atom stereocenters. The van der Waals surface area contributed by atoms with Crippen molar-refractivity contribution < 1.29 is 0 Å². The lowest BCUT2D eigenvalue weighted by atomic mass is 9.98. The topological polar surface area (TPSA) is 8.17 Å². The van der Waals surface area contributed by atoms with Crippen LogP contribution in [0.3, 0.4) is 0 Å². The van der Waals surface area contributed by atoms with Crippen LogP contribution in [0.15, 0.2) is 188 Å². The van der Waals surface area contributed by atoms with E-state index in [1.165, 1.54) is 66.0 Å². The van der Waals surface area contributed by atoms with Gasteiger partial charge in [0.1, 0.15) is 0 Å². The monoisotopic (exact) mass is 626 g/mol. The highest BCUT2D eigenvalue weighted by Crippen LogP contribution is 2.39. The van der Waals surface area contributed by atoms with Crippen LogP contribution < -0.4 is 4.90 Å². The van der Waals surface area contributed by atoms with Gasteiger partial charge >= 0.3 is 0 Å². The SMILES string of the molecule is Cn1c2cc(-c3ccc(-c4ccc(N(c5ccccc5)c5cccc(-c6ccccc6)c5)cc4)cc3)ccc2c2c3ccccc3ccc21. The summed E-state index contributed by atoms with van der Waals surface area (Å²) >= 11 is 0. The molecule has 0 bridgehead atoms. The molecule has 1 aromatic heterocycles. The first-order chi connectivity index (χ1) is 24.2. The zero-order valence-electron chi connectivity index (χ0n) is 27.3. The van der Waals surface area contributed by atoms with Crippen molar-refractivity contribution in [2.45, 2.75) is 0 Å². The number of rotatable bonds is 6. The third kappa shape index (κ3) is 5.15. The van der Waals surface area contributed by atoms with Crippen molar-refractivity contribution in [1.82, 2.24) is 4.57 Å². The maximum absolute atomic E-state index is 2.33. The Kier molecular flexibility index (Phi) is 7.06. The fraction of sp³-hybridized carbons (Fsp3) is 0.0213. The van der Waals surface area contributed by atoms with Gasteiger partial charge in [-0.3, -0.25) is 0 Å². The molecule has 0 aliphatic rings. The number of fused-ring (bicyclic) bond motifs is 5. The van der Waals surface area contributed by atoms with Gasteiger partial charge in [-0.1, -0.05) is 140 Å². The molecule has 0 aliphatic carbocycles. The molecular formula is C47H34N2. The van der Waals surface area contributed by atoms with Crippen LogP contribution in [0, 0.1) is 0 Å². The van der Waals surface area contributed by atoms with E-state index in [2.05, 4.69) is 205 Å². The van der Waals surface area contributed by atoms with Crippen molar-refractivity contribution in [3.63, 3.8) is 0 Å². The number of aromatic nitrogens is 1. The Bertz CT molecular complexity index is 2580. The lowest BCUT2D eigenvalue weighted by Crippen LogP contribution is -2.09. The smallest absolute Gasteiger partial charge is 0.0495 e. The molecule has 9 rings (SSSR count). The Balaban J connectivity index is 1.03. The minimum atomic E-state index is 1.12. The quantitative estimate of drug-likeness (QED) is 0.178. The second kappa shape index (κ2) is 12.0. The van der Waals surface area contributed by atoms with E-state index >= 15 is 0 Å². The predicted molar refractivity (Wildman–Crippen MR) is 209 cm³/mol. The largest absolute Gasteiger partial charge is 0.344 e. The molecule has 0 radical (unpaired) electrons. The molecule has 0 unspecified atom stereocenters. The molecule has 9 aromatic rings. The van der Waals surface area contributed by atoms with Gasteiger partial charge in [0.15, 0.2) is 0 Å². The van der Waals surface area contributed by atoms with Crippen LogP contribution in [0.5, 0.6) is 0 Å². The summed E-state index contributed by atoms with van der Waals surface area (Å²) in [7, 11) is 2.18. The summed E-state index contributed by atoms with van der Waals surface area (Å²) in [5.41, 5.74) is 13.1. The van der Waals surface area contributed by atoms with Gasteiger partial charge < -0.3 is 9.47 Å². The lowest BCUT2D eigenvalue weighted by molar-refractivity contribution is 1.01. The van der Waals surface area contributed by atoms with E-state index in [1.54, 1.807) is 0 Å². The average Bonchev–Trinajstić information content (AvgIpc) is 3.47. The van der Waals surface area contributed by atoms with Gasteiger partial charge in [-0.05, 0) is 92.7 Å². The molecule has 2 nitrogen and oxygen atoms in total. The fourth-order valence-corrected chi connectivity index (χ4v) is 7.29. The molecule has 0 saturated heterocycles. The maximum atomic E-state index is 2.33. The van der Waals surface area contributed by atoms with Crippen LogP contribution in [-0.4, -0.2) is 4.57 Å². The maximum Gasteiger partial charge on any atom is 0.0495 e. The fourth-order valence-electron chi connectivity index (χ4n) is 7.29. The third-order valence-electron chi connectivity index (χ3n) is 9.80. The summed E-state index contributed by atoms with van der Waals surface area (Å²) in [5, 5.41) is 5.21. The molecule has 0 amide bonds. The first kappa shape index (κ1) is 28.8. The number of aryl methyl sites for hydroxylation is 1. The summed E-state index contributed by atoms with van der Waals surface area (Å²) in [6, 6.07) is 67.8. The summed E-state index contributed by atoms with van der Waals surface area (Å²) in [6.45, 7) is 0. The Labute approximate surface area is 286 Å². The molecule has 1 heterocycles. The first-order valence-electron chi connectivity index (χ1n) is 16.8. The molecule has 49 heavy (non-hydrogen) atoms. The molecule has 8 aromatic carbocycles. The average molecular weight is 627 g/mol. The van der Waals surface area contributed by atoms with Gasteiger partial charge in [-0.2, -0.15) is 0 Å². The van der Waals surface area contributed by atoms with Crippen LogP contribution in [0.1, 0.15) is 0 Å². The van der Waals surface area contributed by atoms with Crippen molar-refractivity contribution in [1.29, 1.82) is 0 Å². The van der Waals surface area contributed by atoms with E-state index in [4.69, 9.17) is 0 Å². The summed E-state index contributed by atoms with van der Waals surface area (Å²) in [4.78, 5) is 2.32. The van der Waals surface area contributed by atoms with Crippen LogP contribution in [0.4, 0.5) is 17.1 Å². The van der Waals surface area contributed by atoms with E-state index < -0.39 is 0 Å². The van der Waals surface area contributed by atoms with Crippen molar-refractivity contribution in [3.8, 4) is 33.4 Å². The number of benzene rings is 8. The second-order valence-corrected chi connectivity index (χ2v) is 12.7. The third-order valence-corrected chi connectivity index (χ3v) is 9.80. The highest BCUT2D eigenvalue weighted by atomic mass is 15.1. The van der Waals surface area contributed by atoms with Gasteiger partial charge in [-0.15, -0.1) is 0 Å². The van der Waals surface area contributed by atoms with Gasteiger partial charge in [0.2, 0.25) is 0 Å². The Morgan fingerprint density at radius 2 is 0.878 bits per heavy atom. The van der Waals surface area contributed by atoms with Crippen molar-refractivity contribution in [2.24, 2.45) is 7.05 Å². The first-order valence-corrected chi connectivity index (χ1v) is 16.8. The number of nitrogens with zero attached hydrogens (tertiary/aromatic N) is 2. The molecule has 232 valence electrons. The Hall–Kier alpha value is -6.38. The lowest BCUT2D eigenvalue weighted by Gasteiger charge is -2.26. The molecule has 2 heteroatoms. The zero-order chi connectivity index (χ0) is 32.7. The highest BCUT2D eigenvalue weighted by molar-refractivity contribution is 6.21. The number of para-hydroxylation sites is 1. The van der Waals surface area contributed by atoms with E-state index in [1.807, 2.05) is 0 Å². The van der Waals surface area contributed by atoms with E-state index in [0.717, 1.165) is 17.1 Å². The van der Waals surface area contributed by atoms with Crippen LogP contribution in [0.2, 0.25) is 0 Å². The summed E-state index contributed by atoms with van der Waals surface area (Å²) in [6.07, 6.45) is 0. The van der Waals surface area contributed by atoms with E-state index in [-0.39, 0.29) is 0 Å². The van der Waals surface area contributed by atoms with Gasteiger partial charge in [0.05, 0.1) is 0 Å².